The summed E-state index contributed by atoms with van der Waals surface area (Å²) >= 11 is 0. The Bertz CT molecular complexity index is 421. The summed E-state index contributed by atoms with van der Waals surface area (Å²) in [5, 5.41) is 13.0. The SMILES string of the molecule is Nc1ncn(Cc2ccc(O)cc2)n1. The summed E-state index contributed by atoms with van der Waals surface area (Å²) in [4.78, 5) is 3.81. The van der Waals surface area contributed by atoms with E-state index >= 15 is 0 Å². The van der Waals surface area contributed by atoms with Gasteiger partial charge in [-0.1, -0.05) is 12.1 Å². The largest absolute Gasteiger partial charge is 0.508 e. The molecule has 0 radical (unpaired) electrons. The summed E-state index contributed by atoms with van der Waals surface area (Å²) in [6.07, 6.45) is 1.57. The van der Waals surface area contributed by atoms with Gasteiger partial charge in [-0.25, -0.2) is 9.67 Å². The highest BCUT2D eigenvalue weighted by atomic mass is 16.3. The molecule has 72 valence electrons. The number of benzene rings is 1. The molecule has 14 heavy (non-hydrogen) atoms. The Labute approximate surface area is 80.8 Å². The molecule has 5 nitrogen and oxygen atoms in total. The minimum Gasteiger partial charge on any atom is -0.508 e. The lowest BCUT2D eigenvalue weighted by molar-refractivity contribution is 0.475. The maximum absolute atomic E-state index is 9.07. The zero-order valence-electron chi connectivity index (χ0n) is 7.46. The van der Waals surface area contributed by atoms with Crippen LogP contribution in [0.15, 0.2) is 30.6 Å². The van der Waals surface area contributed by atoms with Gasteiger partial charge < -0.3 is 10.8 Å². The average Bonchev–Trinajstić information content (AvgIpc) is 2.56. The summed E-state index contributed by atoms with van der Waals surface area (Å²) in [6, 6.07) is 6.92. The van der Waals surface area contributed by atoms with Crippen LogP contribution in [-0.4, -0.2) is 19.9 Å². The first-order chi connectivity index (χ1) is 6.74. The third-order valence-corrected chi connectivity index (χ3v) is 1.84. The van der Waals surface area contributed by atoms with E-state index in [4.69, 9.17) is 10.8 Å². The van der Waals surface area contributed by atoms with Gasteiger partial charge in [0.25, 0.3) is 0 Å². The van der Waals surface area contributed by atoms with E-state index in [2.05, 4.69) is 10.1 Å². The molecule has 2 rings (SSSR count). The maximum atomic E-state index is 9.07. The van der Waals surface area contributed by atoms with Gasteiger partial charge >= 0.3 is 0 Å². The standard InChI is InChI=1S/C9H10N4O/c10-9-11-6-13(12-9)5-7-1-3-8(14)4-2-7/h1-4,6,14H,5H2,(H2,10,12). The number of rotatable bonds is 2. The summed E-state index contributed by atoms with van der Waals surface area (Å²) in [7, 11) is 0. The molecule has 0 spiro atoms. The Kier molecular flexibility index (Phi) is 2.06. The number of nitrogens with two attached hydrogens (primary N) is 1. The molecule has 0 fully saturated rings. The fraction of sp³-hybridized carbons (Fsp3) is 0.111. The highest BCUT2D eigenvalue weighted by Crippen LogP contribution is 2.10. The molecule has 0 bridgehead atoms. The molecular formula is C9H10N4O. The van der Waals surface area contributed by atoms with Crippen LogP contribution in [0.3, 0.4) is 0 Å². The van der Waals surface area contributed by atoms with Crippen LogP contribution in [0.5, 0.6) is 5.75 Å². The van der Waals surface area contributed by atoms with Crippen molar-refractivity contribution in [1.29, 1.82) is 0 Å². The van der Waals surface area contributed by atoms with E-state index < -0.39 is 0 Å². The molecule has 1 aromatic heterocycles. The van der Waals surface area contributed by atoms with E-state index in [1.165, 1.54) is 0 Å². The molecule has 2 aromatic rings. The van der Waals surface area contributed by atoms with Crippen molar-refractivity contribution in [3.8, 4) is 5.75 Å². The monoisotopic (exact) mass is 190 g/mol. The van der Waals surface area contributed by atoms with Gasteiger partial charge in [0, 0.05) is 0 Å². The van der Waals surface area contributed by atoms with Gasteiger partial charge in [-0.2, -0.15) is 0 Å². The molecule has 1 heterocycles. The molecule has 0 aliphatic carbocycles. The number of nitrogen functional groups attached to an aromatic ring is 1. The van der Waals surface area contributed by atoms with Crippen LogP contribution in [0.4, 0.5) is 5.95 Å². The first-order valence-electron chi connectivity index (χ1n) is 4.17. The molecule has 0 atom stereocenters. The third-order valence-electron chi connectivity index (χ3n) is 1.84. The van der Waals surface area contributed by atoms with Gasteiger partial charge in [-0.15, -0.1) is 5.10 Å². The Morgan fingerprint density at radius 1 is 1.29 bits per heavy atom. The normalized spacial score (nSPS) is 10.3. The van der Waals surface area contributed by atoms with Crippen molar-refractivity contribution in [3.05, 3.63) is 36.2 Å². The van der Waals surface area contributed by atoms with Gasteiger partial charge in [0.1, 0.15) is 12.1 Å². The molecule has 0 saturated carbocycles. The second-order valence-corrected chi connectivity index (χ2v) is 2.97. The quantitative estimate of drug-likeness (QED) is 0.727. The third kappa shape index (κ3) is 1.82. The summed E-state index contributed by atoms with van der Waals surface area (Å²) in [5.41, 5.74) is 6.41. The summed E-state index contributed by atoms with van der Waals surface area (Å²) < 4.78 is 1.64. The Morgan fingerprint density at radius 2 is 2.00 bits per heavy atom. The first-order valence-corrected chi connectivity index (χ1v) is 4.17. The Hall–Kier alpha value is -2.04. The second kappa shape index (κ2) is 3.37. The molecule has 0 saturated heterocycles. The van der Waals surface area contributed by atoms with Gasteiger partial charge in [0.15, 0.2) is 0 Å². The zero-order chi connectivity index (χ0) is 9.97. The smallest absolute Gasteiger partial charge is 0.239 e. The van der Waals surface area contributed by atoms with Crippen molar-refractivity contribution < 1.29 is 5.11 Å². The van der Waals surface area contributed by atoms with E-state index in [1.807, 2.05) is 12.1 Å². The number of aromatic hydroxyl groups is 1. The van der Waals surface area contributed by atoms with Crippen molar-refractivity contribution in [2.24, 2.45) is 0 Å². The number of nitrogens with zero attached hydrogens (tertiary/aromatic N) is 3. The van der Waals surface area contributed by atoms with E-state index in [0.29, 0.717) is 6.54 Å². The van der Waals surface area contributed by atoms with Crippen LogP contribution < -0.4 is 5.73 Å². The highest BCUT2D eigenvalue weighted by Gasteiger charge is 1.97. The predicted octanol–water partition coefficient (Wildman–Crippen LogP) is 0.614. The van der Waals surface area contributed by atoms with Gasteiger partial charge in [0.2, 0.25) is 5.95 Å². The maximum Gasteiger partial charge on any atom is 0.239 e. The lowest BCUT2D eigenvalue weighted by atomic mass is 10.2. The number of hydrogen-bond donors (Lipinski definition) is 2. The Morgan fingerprint density at radius 3 is 2.57 bits per heavy atom. The highest BCUT2D eigenvalue weighted by molar-refractivity contribution is 5.26. The number of aromatic nitrogens is 3. The van der Waals surface area contributed by atoms with Crippen molar-refractivity contribution in [1.82, 2.24) is 14.8 Å². The molecule has 1 aromatic carbocycles. The van der Waals surface area contributed by atoms with Gasteiger partial charge in [-0.05, 0) is 17.7 Å². The van der Waals surface area contributed by atoms with Crippen LogP contribution in [0.1, 0.15) is 5.56 Å². The number of phenols is 1. The minimum absolute atomic E-state index is 0.256. The fourth-order valence-corrected chi connectivity index (χ4v) is 1.17. The first kappa shape index (κ1) is 8.55. The molecule has 0 amide bonds. The van der Waals surface area contributed by atoms with E-state index in [-0.39, 0.29) is 11.7 Å². The summed E-state index contributed by atoms with van der Waals surface area (Å²) in [6.45, 7) is 0.602. The lowest BCUT2D eigenvalue weighted by Crippen LogP contribution is -2.00. The topological polar surface area (TPSA) is 77.0 Å². The number of hydrogen-bond acceptors (Lipinski definition) is 4. The minimum atomic E-state index is 0.256. The Balaban J connectivity index is 2.15. The lowest BCUT2D eigenvalue weighted by Gasteiger charge is -2.00. The van der Waals surface area contributed by atoms with Crippen molar-refractivity contribution in [3.63, 3.8) is 0 Å². The van der Waals surface area contributed by atoms with Gasteiger partial charge in [0.05, 0.1) is 6.54 Å². The fourth-order valence-electron chi connectivity index (χ4n) is 1.17. The molecule has 0 aliphatic heterocycles. The van der Waals surface area contributed by atoms with Gasteiger partial charge in [-0.3, -0.25) is 0 Å². The van der Waals surface area contributed by atoms with Crippen molar-refractivity contribution in [2.45, 2.75) is 6.54 Å². The van der Waals surface area contributed by atoms with Crippen LogP contribution in [0.2, 0.25) is 0 Å². The second-order valence-electron chi connectivity index (χ2n) is 2.97. The van der Waals surface area contributed by atoms with Crippen LogP contribution in [-0.2, 0) is 6.54 Å². The van der Waals surface area contributed by atoms with Crippen LogP contribution in [0, 0.1) is 0 Å². The molecule has 0 aliphatic rings. The van der Waals surface area contributed by atoms with E-state index in [1.54, 1.807) is 23.1 Å². The predicted molar refractivity (Wildman–Crippen MR) is 51.6 cm³/mol. The summed E-state index contributed by atoms with van der Waals surface area (Å²) in [5.74, 6) is 0.524. The number of anilines is 1. The van der Waals surface area contributed by atoms with Crippen molar-refractivity contribution >= 4 is 5.95 Å². The molecule has 5 heteroatoms. The zero-order valence-corrected chi connectivity index (χ0v) is 7.46. The van der Waals surface area contributed by atoms with Crippen molar-refractivity contribution in [2.75, 3.05) is 5.73 Å². The molecule has 3 N–H and O–H groups in total. The molecule has 0 unspecified atom stereocenters. The van der Waals surface area contributed by atoms with E-state index in [0.717, 1.165) is 5.56 Å². The van der Waals surface area contributed by atoms with Crippen LogP contribution >= 0.6 is 0 Å². The van der Waals surface area contributed by atoms with E-state index in [9.17, 15) is 0 Å². The average molecular weight is 190 g/mol. The van der Waals surface area contributed by atoms with Crippen LogP contribution in [0.25, 0.3) is 0 Å². The molecular weight excluding hydrogens is 180 g/mol. The number of phenolic OH excluding ortho intramolecular Hbond substituents is 1.